The second-order valence-corrected chi connectivity index (χ2v) is 5.38. The normalized spacial score (nSPS) is 10.6. The summed E-state index contributed by atoms with van der Waals surface area (Å²) in [6, 6.07) is 29.3. The Morgan fingerprint density at radius 2 is 1.35 bits per heavy atom. The van der Waals surface area contributed by atoms with Crippen LogP contribution in [0, 0.1) is 0 Å². The lowest BCUT2D eigenvalue weighted by atomic mass is 10.1. The molecule has 0 N–H and O–H groups in total. The van der Waals surface area contributed by atoms with Gasteiger partial charge < -0.3 is 4.90 Å². The van der Waals surface area contributed by atoms with Gasteiger partial charge in [-0.1, -0.05) is 54.6 Å². The highest BCUT2D eigenvalue weighted by Crippen LogP contribution is 2.37. The smallest absolute Gasteiger partial charge is 0.0645 e. The first-order valence-corrected chi connectivity index (χ1v) is 7.66. The zero-order chi connectivity index (χ0) is 15.5. The Balaban J connectivity index is 1.98. The number of pyridine rings is 1. The number of fused-ring (bicyclic) bond motifs is 1. The molecule has 0 unspecified atom stereocenters. The van der Waals surface area contributed by atoms with Crippen LogP contribution in [0.1, 0.15) is 0 Å². The van der Waals surface area contributed by atoms with Gasteiger partial charge in [-0.15, -0.1) is 0 Å². The third-order valence-corrected chi connectivity index (χ3v) is 3.93. The highest BCUT2D eigenvalue weighted by atomic mass is 15.1. The molecule has 0 radical (unpaired) electrons. The fourth-order valence-electron chi connectivity index (χ4n) is 2.89. The molecule has 0 spiro atoms. The molecule has 23 heavy (non-hydrogen) atoms. The fraction of sp³-hybridized carbons (Fsp3) is 0. The van der Waals surface area contributed by atoms with Crippen molar-refractivity contribution in [3.63, 3.8) is 0 Å². The zero-order valence-electron chi connectivity index (χ0n) is 12.6. The van der Waals surface area contributed by atoms with Crippen molar-refractivity contribution in [2.75, 3.05) is 4.90 Å². The van der Waals surface area contributed by atoms with E-state index in [4.69, 9.17) is 0 Å². The molecular weight excluding hydrogens is 280 g/mol. The molecule has 0 fully saturated rings. The van der Waals surface area contributed by atoms with Gasteiger partial charge in [0, 0.05) is 17.3 Å². The van der Waals surface area contributed by atoms with Gasteiger partial charge in [-0.2, -0.15) is 0 Å². The average Bonchev–Trinajstić information content (AvgIpc) is 2.64. The van der Waals surface area contributed by atoms with Gasteiger partial charge in [0.05, 0.1) is 17.6 Å². The van der Waals surface area contributed by atoms with Gasteiger partial charge in [0.15, 0.2) is 0 Å². The van der Waals surface area contributed by atoms with E-state index in [-0.39, 0.29) is 0 Å². The summed E-state index contributed by atoms with van der Waals surface area (Å²) in [5.41, 5.74) is 3.33. The highest BCUT2D eigenvalue weighted by Gasteiger charge is 2.14. The number of benzene rings is 3. The third kappa shape index (κ3) is 2.55. The molecule has 0 bridgehead atoms. The van der Waals surface area contributed by atoms with E-state index in [9.17, 15) is 0 Å². The minimum atomic E-state index is 1.05. The van der Waals surface area contributed by atoms with E-state index >= 15 is 0 Å². The topological polar surface area (TPSA) is 16.1 Å². The van der Waals surface area contributed by atoms with Gasteiger partial charge in [0.25, 0.3) is 0 Å². The molecule has 1 aromatic heterocycles. The molecule has 2 heteroatoms. The maximum absolute atomic E-state index is 4.29. The van der Waals surface area contributed by atoms with E-state index in [1.165, 1.54) is 10.8 Å². The van der Waals surface area contributed by atoms with Crippen LogP contribution in [0.2, 0.25) is 0 Å². The van der Waals surface area contributed by atoms with Gasteiger partial charge in [-0.25, -0.2) is 0 Å². The minimum Gasteiger partial charge on any atom is -0.308 e. The van der Waals surface area contributed by atoms with Crippen molar-refractivity contribution in [1.82, 2.24) is 4.98 Å². The number of nitrogens with zero attached hydrogens (tertiary/aromatic N) is 2. The predicted molar refractivity (Wildman–Crippen MR) is 96.4 cm³/mol. The van der Waals surface area contributed by atoms with Crippen LogP contribution in [-0.2, 0) is 0 Å². The minimum absolute atomic E-state index is 1.05. The third-order valence-electron chi connectivity index (χ3n) is 3.93. The summed E-state index contributed by atoms with van der Waals surface area (Å²) in [5, 5.41) is 2.46. The molecule has 0 atom stereocenters. The molecular formula is C21H16N2. The standard InChI is InChI=1S/C21H16N2/c1-2-10-18(11-3-1)23(19-12-7-15-22-16-19)21-14-6-9-17-8-4-5-13-20(17)21/h1-16H. The molecule has 1 heterocycles. The van der Waals surface area contributed by atoms with E-state index in [0.29, 0.717) is 0 Å². The zero-order valence-corrected chi connectivity index (χ0v) is 12.6. The summed E-state index contributed by atoms with van der Waals surface area (Å²) >= 11 is 0. The van der Waals surface area contributed by atoms with Crippen molar-refractivity contribution < 1.29 is 0 Å². The van der Waals surface area contributed by atoms with Crippen molar-refractivity contribution in [2.45, 2.75) is 0 Å². The maximum Gasteiger partial charge on any atom is 0.0645 e. The largest absolute Gasteiger partial charge is 0.308 e. The Labute approximate surface area is 135 Å². The SMILES string of the molecule is c1ccc(N(c2cccnc2)c2cccc3ccccc23)cc1. The van der Waals surface area contributed by atoms with E-state index in [2.05, 4.69) is 82.7 Å². The van der Waals surface area contributed by atoms with Crippen LogP contribution in [0.4, 0.5) is 17.1 Å². The van der Waals surface area contributed by atoms with Gasteiger partial charge in [0.1, 0.15) is 0 Å². The average molecular weight is 296 g/mol. The molecule has 0 aliphatic carbocycles. The van der Waals surface area contributed by atoms with Crippen molar-refractivity contribution in [3.05, 3.63) is 97.3 Å². The molecule has 0 amide bonds. The van der Waals surface area contributed by atoms with Crippen molar-refractivity contribution in [3.8, 4) is 0 Å². The van der Waals surface area contributed by atoms with Crippen LogP contribution < -0.4 is 4.90 Å². The fourth-order valence-corrected chi connectivity index (χ4v) is 2.89. The van der Waals surface area contributed by atoms with Crippen LogP contribution in [-0.4, -0.2) is 4.98 Å². The van der Waals surface area contributed by atoms with Gasteiger partial charge in [-0.3, -0.25) is 4.98 Å². The lowest BCUT2D eigenvalue weighted by molar-refractivity contribution is 1.24. The van der Waals surface area contributed by atoms with Gasteiger partial charge in [0.2, 0.25) is 0 Å². The number of hydrogen-bond acceptors (Lipinski definition) is 2. The molecule has 2 nitrogen and oxygen atoms in total. The first-order chi connectivity index (χ1) is 11.4. The number of rotatable bonds is 3. The molecule has 4 aromatic rings. The second-order valence-electron chi connectivity index (χ2n) is 5.38. The molecule has 4 rings (SSSR count). The Kier molecular flexibility index (Phi) is 3.49. The van der Waals surface area contributed by atoms with Crippen molar-refractivity contribution >= 4 is 27.8 Å². The first-order valence-electron chi connectivity index (χ1n) is 7.66. The van der Waals surface area contributed by atoms with Crippen LogP contribution in [0.5, 0.6) is 0 Å². The lowest BCUT2D eigenvalue weighted by Crippen LogP contribution is -2.10. The lowest BCUT2D eigenvalue weighted by Gasteiger charge is -2.26. The molecule has 0 aliphatic rings. The molecule has 0 saturated heterocycles. The van der Waals surface area contributed by atoms with Crippen molar-refractivity contribution in [2.24, 2.45) is 0 Å². The quantitative estimate of drug-likeness (QED) is 0.482. The second kappa shape index (κ2) is 5.93. The van der Waals surface area contributed by atoms with E-state index in [1.807, 2.05) is 18.3 Å². The molecule has 0 aliphatic heterocycles. The highest BCUT2D eigenvalue weighted by molar-refractivity contribution is 5.98. The summed E-state index contributed by atoms with van der Waals surface area (Å²) in [6.45, 7) is 0. The molecule has 0 saturated carbocycles. The molecule has 3 aromatic carbocycles. The Hall–Kier alpha value is -3.13. The first kappa shape index (κ1) is 13.5. The summed E-state index contributed by atoms with van der Waals surface area (Å²) in [6.07, 6.45) is 3.70. The van der Waals surface area contributed by atoms with Gasteiger partial charge in [-0.05, 0) is 35.7 Å². The predicted octanol–water partition coefficient (Wildman–Crippen LogP) is 5.70. The number of anilines is 3. The Morgan fingerprint density at radius 1 is 0.609 bits per heavy atom. The number of para-hydroxylation sites is 1. The van der Waals surface area contributed by atoms with Crippen molar-refractivity contribution in [1.29, 1.82) is 0 Å². The van der Waals surface area contributed by atoms with E-state index < -0.39 is 0 Å². The Bertz CT molecular complexity index is 873. The maximum atomic E-state index is 4.29. The van der Waals surface area contributed by atoms with Crippen LogP contribution in [0.25, 0.3) is 10.8 Å². The van der Waals surface area contributed by atoms with Crippen LogP contribution in [0.15, 0.2) is 97.3 Å². The summed E-state index contributed by atoms with van der Waals surface area (Å²) in [5.74, 6) is 0. The van der Waals surface area contributed by atoms with E-state index in [0.717, 1.165) is 17.1 Å². The van der Waals surface area contributed by atoms with Crippen LogP contribution >= 0.6 is 0 Å². The summed E-state index contributed by atoms with van der Waals surface area (Å²) in [7, 11) is 0. The summed E-state index contributed by atoms with van der Waals surface area (Å²) in [4.78, 5) is 6.54. The number of aromatic nitrogens is 1. The summed E-state index contributed by atoms with van der Waals surface area (Å²) < 4.78 is 0. The monoisotopic (exact) mass is 296 g/mol. The number of hydrogen-bond donors (Lipinski definition) is 0. The van der Waals surface area contributed by atoms with Crippen LogP contribution in [0.3, 0.4) is 0 Å². The van der Waals surface area contributed by atoms with Gasteiger partial charge >= 0.3 is 0 Å². The van der Waals surface area contributed by atoms with E-state index in [1.54, 1.807) is 6.20 Å². The molecule has 110 valence electrons. The Morgan fingerprint density at radius 3 is 2.17 bits per heavy atom.